The van der Waals surface area contributed by atoms with E-state index in [0.717, 1.165) is 6.42 Å². The van der Waals surface area contributed by atoms with Gasteiger partial charge in [0.25, 0.3) is 0 Å². The third kappa shape index (κ3) is 1.69. The van der Waals surface area contributed by atoms with Gasteiger partial charge in [-0.3, -0.25) is 0 Å². The molecule has 0 amide bonds. The quantitative estimate of drug-likeness (QED) is 0.702. The highest BCUT2D eigenvalue weighted by Gasteiger charge is 2.51. The molecule has 0 saturated heterocycles. The van der Waals surface area contributed by atoms with Gasteiger partial charge in [0.15, 0.2) is 0 Å². The third-order valence-electron chi connectivity index (χ3n) is 5.41. The molecule has 1 saturated carbocycles. The zero-order chi connectivity index (χ0) is 13.0. The molecule has 2 heteroatoms. The first kappa shape index (κ1) is 12.7. The molecule has 0 aromatic carbocycles. The van der Waals surface area contributed by atoms with E-state index in [4.69, 9.17) is 0 Å². The molecular formula is C16H26OSi. The summed E-state index contributed by atoms with van der Waals surface area (Å²) in [6.07, 6.45) is 11.0. The highest BCUT2D eigenvalue weighted by atomic mass is 28.3. The summed E-state index contributed by atoms with van der Waals surface area (Å²) in [4.78, 5) is 0. The lowest BCUT2D eigenvalue weighted by atomic mass is 9.75. The molecule has 3 aliphatic rings. The lowest BCUT2D eigenvalue weighted by Gasteiger charge is -2.48. The van der Waals surface area contributed by atoms with Crippen LogP contribution in [-0.2, 0) is 0 Å². The summed E-state index contributed by atoms with van der Waals surface area (Å²) in [7, 11) is -1.60. The van der Waals surface area contributed by atoms with Crippen LogP contribution in [0.2, 0.25) is 19.6 Å². The highest BCUT2D eigenvalue weighted by molar-refractivity contribution is 6.79. The topological polar surface area (TPSA) is 20.2 Å². The van der Waals surface area contributed by atoms with Crippen molar-refractivity contribution in [2.75, 3.05) is 0 Å². The van der Waals surface area contributed by atoms with Gasteiger partial charge in [-0.15, -0.1) is 0 Å². The minimum atomic E-state index is -1.60. The minimum Gasteiger partial charge on any atom is -0.389 e. The van der Waals surface area contributed by atoms with Crippen molar-refractivity contribution in [1.29, 1.82) is 0 Å². The molecule has 18 heavy (non-hydrogen) atoms. The molecule has 3 rings (SSSR count). The van der Waals surface area contributed by atoms with Gasteiger partial charge in [-0.05, 0) is 62.0 Å². The molecule has 1 fully saturated rings. The van der Waals surface area contributed by atoms with Crippen LogP contribution < -0.4 is 0 Å². The van der Waals surface area contributed by atoms with Crippen molar-refractivity contribution in [2.24, 2.45) is 5.92 Å². The molecule has 0 bridgehead atoms. The van der Waals surface area contributed by atoms with Crippen LogP contribution in [0.4, 0.5) is 0 Å². The fourth-order valence-corrected chi connectivity index (χ4v) is 6.17. The van der Waals surface area contributed by atoms with Gasteiger partial charge in [-0.25, -0.2) is 0 Å². The van der Waals surface area contributed by atoms with Gasteiger partial charge in [0.05, 0.1) is 13.3 Å². The van der Waals surface area contributed by atoms with E-state index in [0.29, 0.717) is 5.92 Å². The van der Waals surface area contributed by atoms with Gasteiger partial charge in [-0.1, -0.05) is 31.3 Å². The Labute approximate surface area is 112 Å². The SMILES string of the molecule is C[Si](C)(C)C1(O)CC2CCCC2=C2CCCC=C21. The summed E-state index contributed by atoms with van der Waals surface area (Å²) in [5, 5.41) is 11.0. The van der Waals surface area contributed by atoms with Crippen LogP contribution in [-0.4, -0.2) is 18.4 Å². The van der Waals surface area contributed by atoms with Crippen molar-refractivity contribution in [3.8, 4) is 0 Å². The Kier molecular flexibility index (Phi) is 2.87. The second-order valence-corrected chi connectivity index (χ2v) is 12.7. The van der Waals surface area contributed by atoms with Crippen molar-refractivity contribution in [3.05, 3.63) is 22.8 Å². The van der Waals surface area contributed by atoms with Gasteiger partial charge < -0.3 is 5.11 Å². The molecule has 0 heterocycles. The van der Waals surface area contributed by atoms with Crippen molar-refractivity contribution in [1.82, 2.24) is 0 Å². The molecule has 2 unspecified atom stereocenters. The van der Waals surface area contributed by atoms with Crippen LogP contribution in [0.25, 0.3) is 0 Å². The largest absolute Gasteiger partial charge is 0.389 e. The smallest absolute Gasteiger partial charge is 0.0878 e. The molecule has 1 nitrogen and oxygen atoms in total. The second-order valence-electron chi connectivity index (χ2n) is 7.42. The first-order chi connectivity index (χ1) is 8.43. The summed E-state index contributed by atoms with van der Waals surface area (Å²) in [6, 6.07) is 0. The summed E-state index contributed by atoms with van der Waals surface area (Å²) < 4.78 is 0. The Morgan fingerprint density at radius 1 is 1.22 bits per heavy atom. The molecular weight excluding hydrogens is 236 g/mol. The Balaban J connectivity index is 2.13. The van der Waals surface area contributed by atoms with E-state index in [-0.39, 0.29) is 0 Å². The predicted molar refractivity (Wildman–Crippen MR) is 79.2 cm³/mol. The number of aliphatic hydroxyl groups is 1. The summed E-state index contributed by atoms with van der Waals surface area (Å²) >= 11 is 0. The normalized spacial score (nSPS) is 36.2. The highest BCUT2D eigenvalue weighted by Crippen LogP contribution is 2.53. The number of hydrogen-bond acceptors (Lipinski definition) is 1. The van der Waals surface area contributed by atoms with Gasteiger partial charge in [0, 0.05) is 0 Å². The molecule has 0 aromatic rings. The van der Waals surface area contributed by atoms with Crippen LogP contribution in [0, 0.1) is 5.92 Å². The molecule has 2 atom stereocenters. The van der Waals surface area contributed by atoms with Gasteiger partial charge in [0.2, 0.25) is 0 Å². The lowest BCUT2D eigenvalue weighted by Crippen LogP contribution is -2.56. The van der Waals surface area contributed by atoms with Crippen LogP contribution in [0.5, 0.6) is 0 Å². The van der Waals surface area contributed by atoms with Gasteiger partial charge in [0.1, 0.15) is 0 Å². The predicted octanol–water partition coefficient (Wildman–Crippen LogP) is 4.21. The van der Waals surface area contributed by atoms with Gasteiger partial charge >= 0.3 is 0 Å². The Morgan fingerprint density at radius 3 is 2.72 bits per heavy atom. The second kappa shape index (κ2) is 4.07. The summed E-state index contributed by atoms with van der Waals surface area (Å²) in [5.74, 6) is 0.701. The molecule has 1 N–H and O–H groups in total. The van der Waals surface area contributed by atoms with Crippen molar-refractivity contribution < 1.29 is 5.11 Å². The first-order valence-electron chi connectivity index (χ1n) is 7.59. The maximum atomic E-state index is 11.4. The van der Waals surface area contributed by atoms with E-state index >= 15 is 0 Å². The average molecular weight is 262 g/mol. The van der Waals surface area contributed by atoms with Crippen LogP contribution in [0.1, 0.15) is 44.9 Å². The zero-order valence-corrected chi connectivity index (χ0v) is 13.1. The number of allylic oxidation sites excluding steroid dienone is 2. The zero-order valence-electron chi connectivity index (χ0n) is 12.1. The van der Waals surface area contributed by atoms with Crippen LogP contribution in [0.15, 0.2) is 22.8 Å². The maximum Gasteiger partial charge on any atom is 0.0878 e. The van der Waals surface area contributed by atoms with Gasteiger partial charge in [-0.2, -0.15) is 0 Å². The first-order valence-corrected chi connectivity index (χ1v) is 11.1. The lowest BCUT2D eigenvalue weighted by molar-refractivity contribution is 0.122. The molecule has 0 aliphatic heterocycles. The summed E-state index contributed by atoms with van der Waals surface area (Å²) in [5.41, 5.74) is 4.67. The monoisotopic (exact) mass is 262 g/mol. The van der Waals surface area contributed by atoms with Crippen LogP contribution >= 0.6 is 0 Å². The van der Waals surface area contributed by atoms with E-state index in [1.807, 2.05) is 0 Å². The molecule has 0 radical (unpaired) electrons. The number of rotatable bonds is 1. The van der Waals surface area contributed by atoms with E-state index in [9.17, 15) is 5.11 Å². The van der Waals surface area contributed by atoms with E-state index in [2.05, 4.69) is 25.7 Å². The minimum absolute atomic E-state index is 0.457. The maximum absolute atomic E-state index is 11.4. The van der Waals surface area contributed by atoms with Crippen molar-refractivity contribution in [3.63, 3.8) is 0 Å². The molecule has 100 valence electrons. The molecule has 0 aromatic heterocycles. The van der Waals surface area contributed by atoms with E-state index in [1.54, 1.807) is 11.1 Å². The third-order valence-corrected chi connectivity index (χ3v) is 8.37. The molecule has 3 aliphatic carbocycles. The number of hydrogen-bond donors (Lipinski definition) is 1. The van der Waals surface area contributed by atoms with Crippen molar-refractivity contribution >= 4 is 8.07 Å². The Bertz CT molecular complexity index is 427. The van der Waals surface area contributed by atoms with Crippen molar-refractivity contribution in [2.45, 2.75) is 69.8 Å². The fourth-order valence-electron chi connectivity index (χ4n) is 4.25. The Hall–Kier alpha value is -0.343. The fraction of sp³-hybridized carbons (Fsp3) is 0.750. The van der Waals surface area contributed by atoms with E-state index < -0.39 is 13.3 Å². The summed E-state index contributed by atoms with van der Waals surface area (Å²) in [6.45, 7) is 7.00. The van der Waals surface area contributed by atoms with E-state index in [1.165, 1.54) is 44.1 Å². The molecule has 0 spiro atoms. The van der Waals surface area contributed by atoms with Crippen LogP contribution in [0.3, 0.4) is 0 Å². The number of fused-ring (bicyclic) bond motifs is 2. The average Bonchev–Trinajstić information content (AvgIpc) is 2.76. The Morgan fingerprint density at radius 2 is 2.00 bits per heavy atom. The standard InChI is InChI=1S/C16H26OSi/c1-18(2,3)16(17)11-12-7-6-9-13(12)14-8-4-5-10-15(14)16/h10,12,17H,4-9,11H2,1-3H3.